The third-order valence-electron chi connectivity index (χ3n) is 3.12. The van der Waals surface area contributed by atoms with Crippen molar-refractivity contribution in [3.8, 4) is 0 Å². The van der Waals surface area contributed by atoms with Crippen LogP contribution >= 0.6 is 0 Å². The standard InChI is InChI=1S/C15H13N3O2S/c16-15-14(9-4-10-17-15)21(19,20)18-13-8-3-6-11-5-1-2-7-12(11)13/h1-10,18H,(H2,16,17). The Morgan fingerprint density at radius 2 is 1.71 bits per heavy atom. The molecule has 0 aliphatic carbocycles. The minimum absolute atomic E-state index is 0.0229. The van der Waals surface area contributed by atoms with Crippen LogP contribution in [0.25, 0.3) is 10.8 Å². The molecule has 0 fully saturated rings. The van der Waals surface area contributed by atoms with Crippen LogP contribution in [0.15, 0.2) is 65.7 Å². The molecule has 3 rings (SSSR count). The number of aromatic nitrogens is 1. The Bertz CT molecular complexity index is 902. The molecule has 3 aromatic rings. The van der Waals surface area contributed by atoms with E-state index in [2.05, 4.69) is 9.71 Å². The first-order chi connectivity index (χ1) is 10.1. The number of hydrogen-bond acceptors (Lipinski definition) is 4. The zero-order valence-electron chi connectivity index (χ0n) is 11.0. The summed E-state index contributed by atoms with van der Waals surface area (Å²) < 4.78 is 27.4. The smallest absolute Gasteiger partial charge is 0.265 e. The maximum Gasteiger partial charge on any atom is 0.265 e. The minimum atomic E-state index is -3.77. The first-order valence-corrected chi connectivity index (χ1v) is 7.77. The summed E-state index contributed by atoms with van der Waals surface area (Å²) in [4.78, 5) is 3.78. The second-order valence-electron chi connectivity index (χ2n) is 4.52. The second kappa shape index (κ2) is 5.06. The average molecular weight is 299 g/mol. The summed E-state index contributed by atoms with van der Waals surface area (Å²) in [6.07, 6.45) is 1.45. The van der Waals surface area contributed by atoms with Gasteiger partial charge in [-0.2, -0.15) is 0 Å². The van der Waals surface area contributed by atoms with E-state index in [1.165, 1.54) is 18.3 Å². The first-order valence-electron chi connectivity index (χ1n) is 6.29. The molecule has 106 valence electrons. The molecule has 0 saturated carbocycles. The number of hydrogen-bond donors (Lipinski definition) is 2. The minimum Gasteiger partial charge on any atom is -0.383 e. The molecule has 1 aromatic heterocycles. The van der Waals surface area contributed by atoms with Crippen molar-refractivity contribution in [2.75, 3.05) is 10.5 Å². The fourth-order valence-electron chi connectivity index (χ4n) is 2.14. The number of rotatable bonds is 3. The highest BCUT2D eigenvalue weighted by Gasteiger charge is 2.18. The molecule has 0 spiro atoms. The van der Waals surface area contributed by atoms with Gasteiger partial charge >= 0.3 is 0 Å². The van der Waals surface area contributed by atoms with E-state index in [1.54, 1.807) is 12.1 Å². The number of nitrogens with zero attached hydrogens (tertiary/aromatic N) is 1. The molecular formula is C15H13N3O2S. The molecule has 0 atom stereocenters. The number of benzene rings is 2. The topological polar surface area (TPSA) is 85.1 Å². The normalized spacial score (nSPS) is 11.4. The number of nitrogen functional groups attached to an aromatic ring is 1. The summed E-state index contributed by atoms with van der Waals surface area (Å²) in [6, 6.07) is 15.9. The Labute approximate surface area is 122 Å². The van der Waals surface area contributed by atoms with Crippen molar-refractivity contribution >= 4 is 32.3 Å². The Kier molecular flexibility index (Phi) is 3.23. The predicted molar refractivity (Wildman–Crippen MR) is 83.4 cm³/mol. The summed E-state index contributed by atoms with van der Waals surface area (Å²) >= 11 is 0. The molecule has 0 aliphatic rings. The highest BCUT2D eigenvalue weighted by molar-refractivity contribution is 7.92. The van der Waals surface area contributed by atoms with Gasteiger partial charge in [-0.05, 0) is 23.6 Å². The molecule has 0 radical (unpaired) electrons. The lowest BCUT2D eigenvalue weighted by molar-refractivity contribution is 0.601. The predicted octanol–water partition coefficient (Wildman–Crippen LogP) is 2.62. The quantitative estimate of drug-likeness (QED) is 0.778. The van der Waals surface area contributed by atoms with E-state index in [0.29, 0.717) is 5.69 Å². The summed E-state index contributed by atoms with van der Waals surface area (Å²) in [5.41, 5.74) is 6.15. The van der Waals surface area contributed by atoms with Crippen molar-refractivity contribution in [3.63, 3.8) is 0 Å². The summed E-state index contributed by atoms with van der Waals surface area (Å²) in [7, 11) is -3.77. The van der Waals surface area contributed by atoms with Gasteiger partial charge < -0.3 is 5.73 Å². The molecule has 6 heteroatoms. The highest BCUT2D eigenvalue weighted by atomic mass is 32.2. The maximum atomic E-state index is 12.4. The van der Waals surface area contributed by atoms with Crippen LogP contribution in [0.2, 0.25) is 0 Å². The van der Waals surface area contributed by atoms with E-state index in [4.69, 9.17) is 5.73 Å². The Balaban J connectivity index is 2.08. The van der Waals surface area contributed by atoms with Gasteiger partial charge in [0.15, 0.2) is 0 Å². The molecule has 0 unspecified atom stereocenters. The van der Waals surface area contributed by atoms with Crippen molar-refractivity contribution < 1.29 is 8.42 Å². The number of pyridine rings is 1. The van der Waals surface area contributed by atoms with Gasteiger partial charge in [0.2, 0.25) is 0 Å². The Morgan fingerprint density at radius 3 is 2.52 bits per heavy atom. The monoisotopic (exact) mass is 299 g/mol. The molecule has 5 nitrogen and oxygen atoms in total. The summed E-state index contributed by atoms with van der Waals surface area (Å²) in [5.74, 6) is -0.0229. The van der Waals surface area contributed by atoms with Crippen LogP contribution in [0.3, 0.4) is 0 Å². The van der Waals surface area contributed by atoms with Crippen molar-refractivity contribution in [3.05, 3.63) is 60.8 Å². The zero-order valence-corrected chi connectivity index (χ0v) is 11.8. The molecule has 0 bridgehead atoms. The molecule has 0 aliphatic heterocycles. The van der Waals surface area contributed by atoms with Gasteiger partial charge in [-0.25, -0.2) is 13.4 Å². The van der Waals surface area contributed by atoms with Gasteiger partial charge in [0.25, 0.3) is 10.0 Å². The van der Waals surface area contributed by atoms with Crippen molar-refractivity contribution in [1.82, 2.24) is 4.98 Å². The summed E-state index contributed by atoms with van der Waals surface area (Å²) in [6.45, 7) is 0. The number of anilines is 2. The third-order valence-corrected chi connectivity index (χ3v) is 4.54. The van der Waals surface area contributed by atoms with Crippen LogP contribution in [0.5, 0.6) is 0 Å². The second-order valence-corrected chi connectivity index (χ2v) is 6.17. The van der Waals surface area contributed by atoms with Crippen LogP contribution in [0, 0.1) is 0 Å². The van der Waals surface area contributed by atoms with E-state index >= 15 is 0 Å². The number of nitrogens with one attached hydrogen (secondary N) is 1. The highest BCUT2D eigenvalue weighted by Crippen LogP contribution is 2.26. The van der Waals surface area contributed by atoms with Gasteiger partial charge in [0, 0.05) is 11.6 Å². The SMILES string of the molecule is Nc1ncccc1S(=O)(=O)Nc1cccc2ccccc12. The lowest BCUT2D eigenvalue weighted by Crippen LogP contribution is -2.15. The van der Waals surface area contributed by atoms with Gasteiger partial charge in [0.1, 0.15) is 10.7 Å². The number of fused-ring (bicyclic) bond motifs is 1. The maximum absolute atomic E-state index is 12.4. The number of nitrogens with two attached hydrogens (primary N) is 1. The third kappa shape index (κ3) is 2.53. The van der Waals surface area contributed by atoms with Gasteiger partial charge in [-0.15, -0.1) is 0 Å². The molecule has 3 N–H and O–H groups in total. The molecular weight excluding hydrogens is 286 g/mol. The Morgan fingerprint density at radius 1 is 0.952 bits per heavy atom. The first kappa shape index (κ1) is 13.4. The molecule has 2 aromatic carbocycles. The lowest BCUT2D eigenvalue weighted by Gasteiger charge is -2.11. The summed E-state index contributed by atoms with van der Waals surface area (Å²) in [5, 5.41) is 1.78. The van der Waals surface area contributed by atoms with Crippen LogP contribution < -0.4 is 10.5 Å². The van der Waals surface area contributed by atoms with E-state index in [0.717, 1.165) is 10.8 Å². The zero-order chi connectivity index (χ0) is 14.9. The fourth-order valence-corrected chi connectivity index (χ4v) is 3.31. The van der Waals surface area contributed by atoms with Crippen molar-refractivity contribution in [1.29, 1.82) is 0 Å². The van der Waals surface area contributed by atoms with Gasteiger partial charge in [-0.1, -0.05) is 36.4 Å². The average Bonchev–Trinajstić information content (AvgIpc) is 2.47. The van der Waals surface area contributed by atoms with Crippen LogP contribution in [0.4, 0.5) is 11.5 Å². The molecule has 21 heavy (non-hydrogen) atoms. The van der Waals surface area contributed by atoms with E-state index in [9.17, 15) is 8.42 Å². The van der Waals surface area contributed by atoms with Crippen LogP contribution in [-0.2, 0) is 10.0 Å². The van der Waals surface area contributed by atoms with Gasteiger partial charge in [0.05, 0.1) is 5.69 Å². The Hall–Kier alpha value is -2.60. The van der Waals surface area contributed by atoms with Gasteiger partial charge in [-0.3, -0.25) is 4.72 Å². The van der Waals surface area contributed by atoms with Crippen LogP contribution in [0.1, 0.15) is 0 Å². The van der Waals surface area contributed by atoms with Crippen molar-refractivity contribution in [2.45, 2.75) is 4.90 Å². The molecule has 1 heterocycles. The number of sulfonamides is 1. The largest absolute Gasteiger partial charge is 0.383 e. The van der Waals surface area contributed by atoms with E-state index in [1.807, 2.05) is 30.3 Å². The molecule has 0 saturated heterocycles. The van der Waals surface area contributed by atoms with E-state index in [-0.39, 0.29) is 10.7 Å². The van der Waals surface area contributed by atoms with E-state index < -0.39 is 10.0 Å². The fraction of sp³-hybridized carbons (Fsp3) is 0. The molecule has 0 amide bonds. The lowest BCUT2D eigenvalue weighted by atomic mass is 10.1. The van der Waals surface area contributed by atoms with Crippen LogP contribution in [-0.4, -0.2) is 13.4 Å². The van der Waals surface area contributed by atoms with Crippen molar-refractivity contribution in [2.24, 2.45) is 0 Å².